The van der Waals surface area contributed by atoms with Crippen molar-refractivity contribution in [2.75, 3.05) is 19.0 Å². The van der Waals surface area contributed by atoms with Crippen LogP contribution in [0.1, 0.15) is 24.1 Å². The first-order valence-corrected chi connectivity index (χ1v) is 8.03. The summed E-state index contributed by atoms with van der Waals surface area (Å²) in [6.45, 7) is 3.74. The molecule has 0 bridgehead atoms. The number of aryl methyl sites for hydroxylation is 1. The Bertz CT molecular complexity index is 732. The molecule has 0 radical (unpaired) electrons. The second kappa shape index (κ2) is 8.73. The number of urea groups is 1. The van der Waals surface area contributed by atoms with Crippen molar-refractivity contribution in [3.8, 4) is 5.75 Å². The van der Waals surface area contributed by atoms with E-state index in [1.165, 1.54) is 0 Å². The Morgan fingerprint density at radius 1 is 1.12 bits per heavy atom. The molecule has 2 rings (SSSR count). The van der Waals surface area contributed by atoms with Crippen LogP contribution in [0.3, 0.4) is 0 Å². The fourth-order valence-electron chi connectivity index (χ4n) is 2.42. The molecule has 0 heterocycles. The Morgan fingerprint density at radius 3 is 2.52 bits per heavy atom. The van der Waals surface area contributed by atoms with Gasteiger partial charge in [-0.1, -0.05) is 35.9 Å². The molecular weight excluding hydrogens is 318 g/mol. The summed E-state index contributed by atoms with van der Waals surface area (Å²) in [5.74, 6) is 0.437. The van der Waals surface area contributed by atoms with E-state index in [1.807, 2.05) is 50.2 Å². The molecule has 0 fully saturated rings. The third-order valence-electron chi connectivity index (χ3n) is 3.67. The van der Waals surface area contributed by atoms with Gasteiger partial charge in [-0.2, -0.15) is 0 Å². The summed E-state index contributed by atoms with van der Waals surface area (Å²) >= 11 is 0. The molecule has 6 heteroatoms. The van der Waals surface area contributed by atoms with Gasteiger partial charge in [0.05, 0.1) is 19.7 Å². The number of rotatable bonds is 6. The number of methoxy groups -OCH3 is 1. The topological polar surface area (TPSA) is 79.5 Å². The molecule has 0 aliphatic rings. The van der Waals surface area contributed by atoms with Crippen molar-refractivity contribution in [2.24, 2.45) is 0 Å². The van der Waals surface area contributed by atoms with E-state index in [-0.39, 0.29) is 18.5 Å². The van der Waals surface area contributed by atoms with Crippen molar-refractivity contribution in [1.29, 1.82) is 0 Å². The number of nitrogens with one attached hydrogen (secondary N) is 3. The van der Waals surface area contributed by atoms with E-state index in [0.29, 0.717) is 11.4 Å². The van der Waals surface area contributed by atoms with E-state index in [1.54, 1.807) is 19.2 Å². The number of hydrogen-bond acceptors (Lipinski definition) is 3. The van der Waals surface area contributed by atoms with Crippen molar-refractivity contribution in [1.82, 2.24) is 10.6 Å². The quantitative estimate of drug-likeness (QED) is 0.756. The van der Waals surface area contributed by atoms with Gasteiger partial charge in [0.2, 0.25) is 5.91 Å². The zero-order valence-corrected chi connectivity index (χ0v) is 14.6. The molecule has 3 N–H and O–H groups in total. The first-order valence-electron chi connectivity index (χ1n) is 8.03. The van der Waals surface area contributed by atoms with Crippen LogP contribution in [0.4, 0.5) is 10.5 Å². The predicted molar refractivity (Wildman–Crippen MR) is 97.8 cm³/mol. The first kappa shape index (κ1) is 18.3. The highest BCUT2D eigenvalue weighted by molar-refractivity contribution is 5.92. The predicted octanol–water partition coefficient (Wildman–Crippen LogP) is 3.00. The van der Waals surface area contributed by atoms with Gasteiger partial charge in [-0.15, -0.1) is 0 Å². The maximum atomic E-state index is 12.1. The standard InChI is InChI=1S/C19H23N3O3/c1-13-9-10-17(25-3)16(11-13)14(2)21-18(23)12-20-19(24)22-15-7-5-4-6-8-15/h4-11,14H,12H2,1-3H3,(H,21,23)(H2,20,22,24). The van der Waals surface area contributed by atoms with Gasteiger partial charge in [-0.25, -0.2) is 4.79 Å². The summed E-state index contributed by atoms with van der Waals surface area (Å²) in [5, 5.41) is 8.05. The van der Waals surface area contributed by atoms with E-state index in [9.17, 15) is 9.59 Å². The van der Waals surface area contributed by atoms with E-state index >= 15 is 0 Å². The summed E-state index contributed by atoms with van der Waals surface area (Å²) in [5.41, 5.74) is 2.64. The molecule has 1 unspecified atom stereocenters. The number of anilines is 1. The third-order valence-corrected chi connectivity index (χ3v) is 3.67. The minimum absolute atomic E-state index is 0.114. The molecule has 0 spiro atoms. The number of carbonyl (C=O) groups is 2. The Kier molecular flexibility index (Phi) is 6.39. The fourth-order valence-corrected chi connectivity index (χ4v) is 2.42. The van der Waals surface area contributed by atoms with Gasteiger partial charge in [0.15, 0.2) is 0 Å². The normalized spacial score (nSPS) is 11.3. The molecule has 2 aromatic carbocycles. The van der Waals surface area contributed by atoms with E-state index < -0.39 is 6.03 Å². The van der Waals surface area contributed by atoms with Crippen LogP contribution in [-0.4, -0.2) is 25.6 Å². The average molecular weight is 341 g/mol. The van der Waals surface area contributed by atoms with Gasteiger partial charge >= 0.3 is 6.03 Å². The minimum atomic E-state index is -0.429. The van der Waals surface area contributed by atoms with Crippen molar-refractivity contribution < 1.29 is 14.3 Å². The highest BCUT2D eigenvalue weighted by Gasteiger charge is 2.14. The van der Waals surface area contributed by atoms with E-state index in [4.69, 9.17) is 4.74 Å². The maximum Gasteiger partial charge on any atom is 0.319 e. The lowest BCUT2D eigenvalue weighted by atomic mass is 10.0. The highest BCUT2D eigenvalue weighted by Crippen LogP contribution is 2.25. The third kappa shape index (κ3) is 5.53. The van der Waals surface area contributed by atoms with Crippen LogP contribution in [0.15, 0.2) is 48.5 Å². The van der Waals surface area contributed by atoms with E-state index in [0.717, 1.165) is 11.1 Å². The molecule has 3 amide bonds. The Hall–Kier alpha value is -3.02. The summed E-state index contributed by atoms with van der Waals surface area (Å²) in [7, 11) is 1.60. The molecule has 2 aromatic rings. The molecule has 0 saturated carbocycles. The number of carbonyl (C=O) groups excluding carboxylic acids is 2. The summed E-state index contributed by atoms with van der Waals surface area (Å²) in [6.07, 6.45) is 0. The summed E-state index contributed by atoms with van der Waals surface area (Å²) in [6, 6.07) is 14.2. The largest absolute Gasteiger partial charge is 0.496 e. The average Bonchev–Trinajstić information content (AvgIpc) is 2.60. The SMILES string of the molecule is COc1ccc(C)cc1C(C)NC(=O)CNC(=O)Nc1ccccc1. The van der Waals surface area contributed by atoms with Crippen LogP contribution < -0.4 is 20.7 Å². The molecule has 0 aliphatic heterocycles. The summed E-state index contributed by atoms with van der Waals surface area (Å²) < 4.78 is 5.34. The van der Waals surface area contributed by atoms with Crippen LogP contribution in [0, 0.1) is 6.92 Å². The molecule has 6 nitrogen and oxygen atoms in total. The molecule has 132 valence electrons. The molecule has 25 heavy (non-hydrogen) atoms. The Balaban J connectivity index is 1.85. The number of benzene rings is 2. The second-order valence-electron chi connectivity index (χ2n) is 5.71. The molecule has 0 aromatic heterocycles. The van der Waals surface area contributed by atoms with Crippen molar-refractivity contribution in [3.05, 3.63) is 59.7 Å². The van der Waals surface area contributed by atoms with Crippen LogP contribution in [0.2, 0.25) is 0 Å². The van der Waals surface area contributed by atoms with Crippen LogP contribution >= 0.6 is 0 Å². The van der Waals surface area contributed by atoms with Gasteiger partial charge in [-0.3, -0.25) is 4.79 Å². The van der Waals surface area contributed by atoms with Crippen LogP contribution in [0.5, 0.6) is 5.75 Å². The Morgan fingerprint density at radius 2 is 1.84 bits per heavy atom. The Labute approximate surface area is 147 Å². The second-order valence-corrected chi connectivity index (χ2v) is 5.71. The number of amides is 3. The number of ether oxygens (including phenoxy) is 1. The zero-order valence-electron chi connectivity index (χ0n) is 14.6. The lowest BCUT2D eigenvalue weighted by Gasteiger charge is -2.18. The van der Waals surface area contributed by atoms with Gasteiger partial charge in [0.1, 0.15) is 5.75 Å². The van der Waals surface area contributed by atoms with Gasteiger partial charge in [-0.05, 0) is 32.0 Å². The number of hydrogen-bond donors (Lipinski definition) is 3. The highest BCUT2D eigenvalue weighted by atomic mass is 16.5. The molecular formula is C19H23N3O3. The zero-order chi connectivity index (χ0) is 18.2. The fraction of sp³-hybridized carbons (Fsp3) is 0.263. The molecule has 1 atom stereocenters. The van der Waals surface area contributed by atoms with Crippen LogP contribution in [-0.2, 0) is 4.79 Å². The molecule has 0 saturated heterocycles. The van der Waals surface area contributed by atoms with Gasteiger partial charge in [0, 0.05) is 11.3 Å². The smallest absolute Gasteiger partial charge is 0.319 e. The van der Waals surface area contributed by atoms with Crippen LogP contribution in [0.25, 0.3) is 0 Å². The van der Waals surface area contributed by atoms with Crippen molar-refractivity contribution >= 4 is 17.6 Å². The van der Waals surface area contributed by atoms with Gasteiger partial charge < -0.3 is 20.7 Å². The van der Waals surface area contributed by atoms with Gasteiger partial charge in [0.25, 0.3) is 0 Å². The summed E-state index contributed by atoms with van der Waals surface area (Å²) in [4.78, 5) is 23.9. The van der Waals surface area contributed by atoms with Crippen molar-refractivity contribution in [2.45, 2.75) is 19.9 Å². The monoisotopic (exact) mass is 341 g/mol. The minimum Gasteiger partial charge on any atom is -0.496 e. The lowest BCUT2D eigenvalue weighted by Crippen LogP contribution is -2.39. The van der Waals surface area contributed by atoms with E-state index in [2.05, 4.69) is 16.0 Å². The first-order chi connectivity index (χ1) is 12.0. The molecule has 0 aliphatic carbocycles. The maximum absolute atomic E-state index is 12.1. The lowest BCUT2D eigenvalue weighted by molar-refractivity contribution is -0.120. The number of para-hydroxylation sites is 1. The van der Waals surface area contributed by atoms with Crippen molar-refractivity contribution in [3.63, 3.8) is 0 Å².